The summed E-state index contributed by atoms with van der Waals surface area (Å²) in [6.07, 6.45) is 3.78. The quantitative estimate of drug-likeness (QED) is 0.796. The number of hydrogen-bond donors (Lipinski definition) is 1. The summed E-state index contributed by atoms with van der Waals surface area (Å²) < 4.78 is 5.53. The summed E-state index contributed by atoms with van der Waals surface area (Å²) >= 11 is 5.96. The highest BCUT2D eigenvalue weighted by atomic mass is 35.5. The number of pyridine rings is 1. The Labute approximate surface area is 136 Å². The van der Waals surface area contributed by atoms with Crippen molar-refractivity contribution in [3.05, 3.63) is 52.8 Å². The van der Waals surface area contributed by atoms with Crippen molar-refractivity contribution in [2.75, 3.05) is 0 Å². The minimum Gasteiger partial charge on any atom is -0.423 e. The number of carbonyl (C=O) groups is 1. The van der Waals surface area contributed by atoms with Gasteiger partial charge in [-0.05, 0) is 31.0 Å². The van der Waals surface area contributed by atoms with Gasteiger partial charge in [0.05, 0.1) is 17.6 Å². The van der Waals surface area contributed by atoms with E-state index in [1.165, 1.54) is 0 Å². The van der Waals surface area contributed by atoms with Gasteiger partial charge in [0.2, 0.25) is 11.8 Å². The van der Waals surface area contributed by atoms with E-state index < -0.39 is 0 Å². The first kappa shape index (κ1) is 14.1. The molecule has 0 atom stereocenters. The van der Waals surface area contributed by atoms with Crippen LogP contribution < -0.4 is 5.32 Å². The zero-order valence-electron chi connectivity index (χ0n) is 12.1. The lowest BCUT2D eigenvalue weighted by Gasteiger charge is -2.06. The molecule has 1 amide bonds. The van der Waals surface area contributed by atoms with Crippen LogP contribution >= 0.6 is 11.6 Å². The molecule has 2 aromatic heterocycles. The third-order valence-corrected chi connectivity index (χ3v) is 3.99. The van der Waals surface area contributed by atoms with E-state index in [0.717, 1.165) is 18.2 Å². The lowest BCUT2D eigenvalue weighted by molar-refractivity contribution is 0.0948. The van der Waals surface area contributed by atoms with Crippen molar-refractivity contribution >= 4 is 28.4 Å². The summed E-state index contributed by atoms with van der Waals surface area (Å²) in [7, 11) is 0. The van der Waals surface area contributed by atoms with Crippen molar-refractivity contribution in [2.45, 2.75) is 25.3 Å². The molecule has 2 heterocycles. The second-order valence-corrected chi connectivity index (χ2v) is 5.95. The topological polar surface area (TPSA) is 80.9 Å². The van der Waals surface area contributed by atoms with Crippen molar-refractivity contribution in [2.24, 2.45) is 0 Å². The van der Waals surface area contributed by atoms with Crippen LogP contribution in [0, 0.1) is 0 Å². The second-order valence-electron chi connectivity index (χ2n) is 5.51. The molecule has 0 radical (unpaired) electrons. The first-order chi connectivity index (χ1) is 11.2. The predicted molar refractivity (Wildman–Crippen MR) is 84.2 cm³/mol. The van der Waals surface area contributed by atoms with E-state index in [2.05, 4.69) is 20.5 Å². The third kappa shape index (κ3) is 2.90. The Morgan fingerprint density at radius 1 is 1.30 bits per heavy atom. The van der Waals surface area contributed by atoms with E-state index >= 15 is 0 Å². The number of hydrogen-bond acceptors (Lipinski definition) is 5. The number of halogens is 1. The fraction of sp³-hybridized carbons (Fsp3) is 0.250. The Morgan fingerprint density at radius 3 is 3.00 bits per heavy atom. The van der Waals surface area contributed by atoms with Crippen LogP contribution in [0.4, 0.5) is 0 Å². The molecule has 1 aliphatic rings. The average molecular weight is 329 g/mol. The summed E-state index contributed by atoms with van der Waals surface area (Å²) in [4.78, 5) is 16.6. The molecule has 4 rings (SSSR count). The third-order valence-electron chi connectivity index (χ3n) is 3.76. The van der Waals surface area contributed by atoms with Crippen LogP contribution in [-0.4, -0.2) is 21.1 Å². The van der Waals surface area contributed by atoms with Gasteiger partial charge in [-0.15, -0.1) is 10.2 Å². The van der Waals surface area contributed by atoms with Gasteiger partial charge in [-0.3, -0.25) is 9.78 Å². The first-order valence-corrected chi connectivity index (χ1v) is 7.73. The zero-order valence-corrected chi connectivity index (χ0v) is 12.9. The van der Waals surface area contributed by atoms with E-state index in [1.807, 2.05) is 0 Å². The molecule has 1 fully saturated rings. The Kier molecular flexibility index (Phi) is 3.46. The molecule has 6 nitrogen and oxygen atoms in total. The van der Waals surface area contributed by atoms with Crippen molar-refractivity contribution < 1.29 is 9.21 Å². The van der Waals surface area contributed by atoms with Gasteiger partial charge in [-0.1, -0.05) is 17.7 Å². The van der Waals surface area contributed by atoms with Crippen LogP contribution in [0.3, 0.4) is 0 Å². The fourth-order valence-electron chi connectivity index (χ4n) is 2.40. The van der Waals surface area contributed by atoms with E-state index in [9.17, 15) is 4.79 Å². The van der Waals surface area contributed by atoms with Gasteiger partial charge in [0, 0.05) is 22.5 Å². The molecule has 116 valence electrons. The molecule has 23 heavy (non-hydrogen) atoms. The Balaban J connectivity index is 1.52. The molecule has 0 saturated heterocycles. The summed E-state index contributed by atoms with van der Waals surface area (Å²) in [5, 5.41) is 12.1. The highest BCUT2D eigenvalue weighted by molar-refractivity contribution is 6.31. The van der Waals surface area contributed by atoms with Gasteiger partial charge >= 0.3 is 0 Å². The Morgan fingerprint density at radius 2 is 2.17 bits per heavy atom. The minimum atomic E-state index is -0.217. The van der Waals surface area contributed by atoms with E-state index in [0.29, 0.717) is 33.8 Å². The van der Waals surface area contributed by atoms with Crippen molar-refractivity contribution in [1.29, 1.82) is 0 Å². The van der Waals surface area contributed by atoms with Gasteiger partial charge < -0.3 is 9.73 Å². The van der Waals surface area contributed by atoms with Crippen LogP contribution in [0.15, 0.2) is 34.9 Å². The number of carbonyl (C=O) groups excluding carboxylic acids is 1. The number of aromatic nitrogens is 3. The number of benzene rings is 1. The molecule has 1 N–H and O–H groups in total. The standard InChI is InChI=1S/C16H13ClN4O2/c17-10-3-4-11-12(5-6-18-13(11)7-10)15(22)19-8-14-20-21-16(23-14)9-1-2-9/h3-7,9H,1-2,8H2,(H,19,22). The highest BCUT2D eigenvalue weighted by Gasteiger charge is 2.29. The molecule has 1 aliphatic carbocycles. The molecule has 1 aromatic carbocycles. The van der Waals surface area contributed by atoms with Crippen molar-refractivity contribution in [3.63, 3.8) is 0 Å². The molecular weight excluding hydrogens is 316 g/mol. The van der Waals surface area contributed by atoms with E-state index in [-0.39, 0.29) is 12.5 Å². The minimum absolute atomic E-state index is 0.204. The Hall–Kier alpha value is -2.47. The molecule has 3 aromatic rings. The largest absolute Gasteiger partial charge is 0.423 e. The van der Waals surface area contributed by atoms with Crippen LogP contribution in [0.5, 0.6) is 0 Å². The summed E-state index contributed by atoms with van der Waals surface area (Å²) in [6.45, 7) is 0.204. The van der Waals surface area contributed by atoms with Gasteiger partial charge in [0.15, 0.2) is 0 Å². The normalized spacial score (nSPS) is 14.1. The van der Waals surface area contributed by atoms with Crippen LogP contribution in [-0.2, 0) is 6.54 Å². The van der Waals surface area contributed by atoms with Crippen LogP contribution in [0.1, 0.15) is 40.9 Å². The maximum Gasteiger partial charge on any atom is 0.252 e. The molecule has 0 spiro atoms. The van der Waals surface area contributed by atoms with Crippen molar-refractivity contribution in [3.8, 4) is 0 Å². The molecule has 7 heteroatoms. The number of nitrogens with one attached hydrogen (secondary N) is 1. The van der Waals surface area contributed by atoms with Crippen LogP contribution in [0.25, 0.3) is 10.9 Å². The lowest BCUT2D eigenvalue weighted by atomic mass is 10.1. The Bertz CT molecular complexity index is 889. The molecule has 0 aliphatic heterocycles. The molecule has 0 bridgehead atoms. The highest BCUT2D eigenvalue weighted by Crippen LogP contribution is 2.38. The molecular formula is C16H13ClN4O2. The number of fused-ring (bicyclic) bond motifs is 1. The van der Waals surface area contributed by atoms with E-state index in [1.54, 1.807) is 30.5 Å². The smallest absolute Gasteiger partial charge is 0.252 e. The fourth-order valence-corrected chi connectivity index (χ4v) is 2.57. The number of nitrogens with zero attached hydrogens (tertiary/aromatic N) is 3. The number of rotatable bonds is 4. The van der Waals surface area contributed by atoms with E-state index in [4.69, 9.17) is 16.0 Å². The number of amides is 1. The van der Waals surface area contributed by atoms with Gasteiger partial charge in [-0.2, -0.15) is 0 Å². The first-order valence-electron chi connectivity index (χ1n) is 7.35. The second kappa shape index (κ2) is 5.62. The zero-order chi connectivity index (χ0) is 15.8. The lowest BCUT2D eigenvalue weighted by Crippen LogP contribution is -2.23. The van der Waals surface area contributed by atoms with Crippen molar-refractivity contribution in [1.82, 2.24) is 20.5 Å². The summed E-state index contributed by atoms with van der Waals surface area (Å²) in [5.41, 5.74) is 1.22. The molecule has 0 unspecified atom stereocenters. The summed E-state index contributed by atoms with van der Waals surface area (Å²) in [6, 6.07) is 6.93. The average Bonchev–Trinajstić information content (AvgIpc) is 3.30. The molecule has 1 saturated carbocycles. The monoisotopic (exact) mass is 328 g/mol. The maximum absolute atomic E-state index is 12.4. The maximum atomic E-state index is 12.4. The van der Waals surface area contributed by atoms with Gasteiger partial charge in [-0.25, -0.2) is 0 Å². The summed E-state index contributed by atoms with van der Waals surface area (Å²) in [5.74, 6) is 1.27. The van der Waals surface area contributed by atoms with Crippen LogP contribution in [0.2, 0.25) is 5.02 Å². The SMILES string of the molecule is O=C(NCc1nnc(C2CC2)o1)c1ccnc2cc(Cl)ccc12. The predicted octanol–water partition coefficient (Wildman–Crippen LogP) is 3.08. The van der Waals surface area contributed by atoms with Gasteiger partial charge in [0.1, 0.15) is 0 Å². The van der Waals surface area contributed by atoms with Gasteiger partial charge in [0.25, 0.3) is 5.91 Å².